The van der Waals surface area contributed by atoms with Crippen LogP contribution in [0.25, 0.3) is 0 Å². The molecule has 0 radical (unpaired) electrons. The first kappa shape index (κ1) is 17.7. The molecule has 2 aliphatic rings. The molecule has 7 heteroatoms. The van der Waals surface area contributed by atoms with Gasteiger partial charge in [0.1, 0.15) is 12.1 Å². The fourth-order valence-corrected chi connectivity index (χ4v) is 3.40. The maximum atomic E-state index is 12.8. The number of nitrogens with zero attached hydrogens (tertiary/aromatic N) is 1. The number of nitrogens with one attached hydrogen (secondary N) is 2. The van der Waals surface area contributed by atoms with Crippen LogP contribution in [0.1, 0.15) is 46.0 Å². The highest BCUT2D eigenvalue weighted by molar-refractivity contribution is 5.93. The third kappa shape index (κ3) is 4.43. The summed E-state index contributed by atoms with van der Waals surface area (Å²) in [5, 5.41) is 6.02. The average molecular weight is 324 g/mol. The predicted molar refractivity (Wildman–Crippen MR) is 86.3 cm³/mol. The monoisotopic (exact) mass is 324 g/mol. The van der Waals surface area contributed by atoms with Gasteiger partial charge >= 0.3 is 0 Å². The van der Waals surface area contributed by atoms with E-state index in [2.05, 4.69) is 10.6 Å². The summed E-state index contributed by atoms with van der Waals surface area (Å²) in [7, 11) is 0. The summed E-state index contributed by atoms with van der Waals surface area (Å²) in [6, 6.07) is -1.36. The zero-order valence-electron chi connectivity index (χ0n) is 14.0. The van der Waals surface area contributed by atoms with Crippen molar-refractivity contribution in [2.24, 2.45) is 11.7 Å². The smallest absolute Gasteiger partial charge is 0.245 e. The van der Waals surface area contributed by atoms with Gasteiger partial charge in [0.05, 0.1) is 6.04 Å². The topological polar surface area (TPSA) is 105 Å². The highest BCUT2D eigenvalue weighted by atomic mass is 16.2. The summed E-state index contributed by atoms with van der Waals surface area (Å²) in [6.07, 6.45) is 3.69. The second-order valence-corrected chi connectivity index (χ2v) is 6.93. The molecule has 130 valence electrons. The van der Waals surface area contributed by atoms with Crippen molar-refractivity contribution in [3.63, 3.8) is 0 Å². The molecule has 0 aliphatic carbocycles. The van der Waals surface area contributed by atoms with Crippen molar-refractivity contribution in [3.05, 3.63) is 0 Å². The molecule has 2 aliphatic heterocycles. The Balaban J connectivity index is 2.05. The summed E-state index contributed by atoms with van der Waals surface area (Å²) in [6.45, 7) is 5.38. The van der Waals surface area contributed by atoms with Crippen LogP contribution in [0.4, 0.5) is 0 Å². The average Bonchev–Trinajstić information content (AvgIpc) is 3.16. The summed E-state index contributed by atoms with van der Waals surface area (Å²) in [4.78, 5) is 38.2. The van der Waals surface area contributed by atoms with Crippen molar-refractivity contribution >= 4 is 17.7 Å². The maximum absolute atomic E-state index is 12.8. The van der Waals surface area contributed by atoms with Crippen molar-refractivity contribution in [2.75, 3.05) is 13.1 Å². The third-order valence-electron chi connectivity index (χ3n) is 4.56. The van der Waals surface area contributed by atoms with Gasteiger partial charge in [-0.05, 0) is 44.6 Å². The van der Waals surface area contributed by atoms with E-state index in [4.69, 9.17) is 5.73 Å². The van der Waals surface area contributed by atoms with E-state index in [0.717, 1.165) is 25.8 Å². The number of carbonyl (C=O) groups excluding carboxylic acids is 3. The van der Waals surface area contributed by atoms with Gasteiger partial charge in [-0.1, -0.05) is 13.8 Å². The molecule has 0 unspecified atom stereocenters. The lowest BCUT2D eigenvalue weighted by Crippen LogP contribution is -2.55. The number of amides is 3. The van der Waals surface area contributed by atoms with E-state index in [9.17, 15) is 14.4 Å². The van der Waals surface area contributed by atoms with E-state index in [0.29, 0.717) is 19.4 Å². The Morgan fingerprint density at radius 2 is 2.00 bits per heavy atom. The van der Waals surface area contributed by atoms with Gasteiger partial charge in [-0.25, -0.2) is 0 Å². The van der Waals surface area contributed by atoms with Crippen LogP contribution in [-0.4, -0.2) is 53.8 Å². The van der Waals surface area contributed by atoms with E-state index in [1.54, 1.807) is 0 Å². The minimum absolute atomic E-state index is 0.128. The number of hydrogen-bond acceptors (Lipinski definition) is 4. The van der Waals surface area contributed by atoms with Crippen molar-refractivity contribution in [1.82, 2.24) is 15.5 Å². The van der Waals surface area contributed by atoms with Crippen LogP contribution in [0.15, 0.2) is 0 Å². The Labute approximate surface area is 137 Å². The normalized spacial score (nSPS) is 25.6. The first-order valence-corrected chi connectivity index (χ1v) is 8.53. The van der Waals surface area contributed by atoms with Gasteiger partial charge in [0.15, 0.2) is 0 Å². The molecule has 2 rings (SSSR count). The van der Waals surface area contributed by atoms with Crippen molar-refractivity contribution in [2.45, 2.75) is 64.1 Å². The van der Waals surface area contributed by atoms with Crippen LogP contribution in [0.5, 0.6) is 0 Å². The molecule has 4 N–H and O–H groups in total. The van der Waals surface area contributed by atoms with Crippen LogP contribution in [-0.2, 0) is 14.4 Å². The van der Waals surface area contributed by atoms with E-state index < -0.39 is 18.0 Å². The second kappa shape index (κ2) is 7.77. The lowest BCUT2D eigenvalue weighted by Gasteiger charge is -2.29. The van der Waals surface area contributed by atoms with Crippen molar-refractivity contribution in [3.8, 4) is 0 Å². The van der Waals surface area contributed by atoms with Gasteiger partial charge in [-0.3, -0.25) is 14.4 Å². The molecule has 3 atom stereocenters. The molecule has 0 spiro atoms. The molecule has 23 heavy (non-hydrogen) atoms. The van der Waals surface area contributed by atoms with Crippen LogP contribution >= 0.6 is 0 Å². The van der Waals surface area contributed by atoms with E-state index in [1.807, 2.05) is 13.8 Å². The first-order valence-electron chi connectivity index (χ1n) is 8.53. The Kier molecular flexibility index (Phi) is 5.98. The molecule has 2 fully saturated rings. The summed E-state index contributed by atoms with van der Waals surface area (Å²) >= 11 is 0. The summed E-state index contributed by atoms with van der Waals surface area (Å²) in [5.41, 5.74) is 5.40. The number of nitrogens with two attached hydrogens (primary N) is 1. The first-order chi connectivity index (χ1) is 10.9. The highest BCUT2D eigenvalue weighted by Gasteiger charge is 2.37. The molecular formula is C16H28N4O3. The van der Waals surface area contributed by atoms with Gasteiger partial charge in [0.2, 0.25) is 17.7 Å². The van der Waals surface area contributed by atoms with Crippen LogP contribution in [0.2, 0.25) is 0 Å². The summed E-state index contributed by atoms with van der Waals surface area (Å²) < 4.78 is 0. The van der Waals surface area contributed by atoms with Crippen molar-refractivity contribution in [1.29, 1.82) is 0 Å². The third-order valence-corrected chi connectivity index (χ3v) is 4.56. The Morgan fingerprint density at radius 1 is 1.26 bits per heavy atom. The number of rotatable bonds is 6. The van der Waals surface area contributed by atoms with E-state index >= 15 is 0 Å². The second-order valence-electron chi connectivity index (χ2n) is 6.93. The molecule has 0 aromatic carbocycles. The maximum Gasteiger partial charge on any atom is 0.245 e. The highest BCUT2D eigenvalue weighted by Crippen LogP contribution is 2.20. The van der Waals surface area contributed by atoms with Crippen molar-refractivity contribution < 1.29 is 14.4 Å². The zero-order chi connectivity index (χ0) is 17.0. The number of carbonyl (C=O) groups is 3. The quantitative estimate of drug-likeness (QED) is 0.626. The van der Waals surface area contributed by atoms with Gasteiger partial charge in [0, 0.05) is 6.54 Å². The van der Waals surface area contributed by atoms with Crippen LogP contribution in [0, 0.1) is 5.92 Å². The molecule has 0 saturated carbocycles. The molecule has 2 heterocycles. The van der Waals surface area contributed by atoms with Crippen LogP contribution in [0.3, 0.4) is 0 Å². The molecular weight excluding hydrogens is 296 g/mol. The number of hydrogen-bond donors (Lipinski definition) is 3. The van der Waals surface area contributed by atoms with Gasteiger partial charge in [0.25, 0.3) is 0 Å². The molecule has 3 amide bonds. The molecule has 0 aromatic rings. The molecule has 2 saturated heterocycles. The van der Waals surface area contributed by atoms with E-state index in [-0.39, 0.29) is 23.8 Å². The lowest BCUT2D eigenvalue weighted by molar-refractivity contribution is -0.141. The van der Waals surface area contributed by atoms with E-state index in [1.165, 1.54) is 4.90 Å². The molecule has 0 aromatic heterocycles. The van der Waals surface area contributed by atoms with Gasteiger partial charge in [-0.2, -0.15) is 0 Å². The number of likely N-dealkylation sites (tertiary alicyclic amines) is 1. The van der Waals surface area contributed by atoms with Gasteiger partial charge < -0.3 is 21.3 Å². The Bertz CT molecular complexity index is 460. The number of primary amides is 1. The fraction of sp³-hybridized carbons (Fsp3) is 0.812. The zero-order valence-corrected chi connectivity index (χ0v) is 14.0. The van der Waals surface area contributed by atoms with Gasteiger partial charge in [-0.15, -0.1) is 0 Å². The lowest BCUT2D eigenvalue weighted by atomic mass is 10.0. The Hall–Kier alpha value is -1.63. The summed E-state index contributed by atoms with van der Waals surface area (Å²) in [5.74, 6) is -0.527. The fourth-order valence-electron chi connectivity index (χ4n) is 3.40. The predicted octanol–water partition coefficient (Wildman–Crippen LogP) is -0.254. The Morgan fingerprint density at radius 3 is 2.57 bits per heavy atom. The minimum atomic E-state index is -0.593. The SMILES string of the molecule is CC(C)C[C@H](NC(=O)[C@@H]1CCCN1)C(=O)N1CCC[C@H]1C(N)=O. The largest absolute Gasteiger partial charge is 0.368 e. The minimum Gasteiger partial charge on any atom is -0.368 e. The molecule has 7 nitrogen and oxygen atoms in total. The van der Waals surface area contributed by atoms with Crippen LogP contribution < -0.4 is 16.4 Å². The molecule has 0 bridgehead atoms. The standard InChI is InChI=1S/C16H28N4O3/c1-10(2)9-12(19-15(22)11-5-3-7-18-11)16(23)20-8-4-6-13(20)14(17)21/h10-13,18H,3-9H2,1-2H3,(H2,17,21)(H,19,22)/t11-,12-,13-/m0/s1.